The maximum absolute atomic E-state index is 13.1. The fourth-order valence-corrected chi connectivity index (χ4v) is 2.72. The van der Waals surface area contributed by atoms with Crippen molar-refractivity contribution in [1.82, 2.24) is 9.55 Å². The van der Waals surface area contributed by atoms with Crippen LogP contribution in [0.25, 0.3) is 11.0 Å². The predicted molar refractivity (Wildman–Crippen MR) is 89.4 cm³/mol. The molecule has 0 aliphatic carbocycles. The summed E-state index contributed by atoms with van der Waals surface area (Å²) in [7, 11) is 0. The molecule has 25 heavy (non-hydrogen) atoms. The zero-order valence-corrected chi connectivity index (χ0v) is 13.5. The Morgan fingerprint density at radius 1 is 1.12 bits per heavy atom. The third-order valence-corrected chi connectivity index (χ3v) is 3.80. The quantitative estimate of drug-likeness (QED) is 0.742. The Morgan fingerprint density at radius 2 is 1.80 bits per heavy atom. The van der Waals surface area contributed by atoms with Crippen LogP contribution in [0.15, 0.2) is 48.5 Å². The molecule has 0 unspecified atom stereocenters. The van der Waals surface area contributed by atoms with Gasteiger partial charge in [-0.25, -0.2) is 4.98 Å². The highest BCUT2D eigenvalue weighted by atomic mass is 19.4. The minimum atomic E-state index is -4.60. The molecule has 0 radical (unpaired) electrons. The lowest BCUT2D eigenvalue weighted by atomic mass is 10.1. The highest BCUT2D eigenvalue weighted by Crippen LogP contribution is 2.32. The average molecular weight is 347 g/mol. The van der Waals surface area contributed by atoms with Crippen molar-refractivity contribution in [2.24, 2.45) is 0 Å². The molecule has 1 amide bonds. The summed E-state index contributed by atoms with van der Waals surface area (Å²) in [5.74, 6) is -0.592. The van der Waals surface area contributed by atoms with Crippen LogP contribution in [-0.4, -0.2) is 15.5 Å². The van der Waals surface area contributed by atoms with Crippen LogP contribution in [0, 0.1) is 0 Å². The van der Waals surface area contributed by atoms with Crippen molar-refractivity contribution in [2.45, 2.75) is 26.1 Å². The number of amides is 1. The second-order valence-electron chi connectivity index (χ2n) is 5.57. The van der Waals surface area contributed by atoms with E-state index < -0.39 is 23.2 Å². The lowest BCUT2D eigenvalue weighted by molar-refractivity contribution is -0.137. The molecule has 3 rings (SSSR count). The number of fused-ring (bicyclic) bond motifs is 1. The molecule has 7 heteroatoms. The van der Waals surface area contributed by atoms with Crippen LogP contribution in [-0.2, 0) is 12.7 Å². The second kappa shape index (κ2) is 6.58. The number of hydrogen-bond donors (Lipinski definition) is 1. The highest BCUT2D eigenvalue weighted by Gasteiger charge is 2.35. The van der Waals surface area contributed by atoms with Crippen molar-refractivity contribution in [1.29, 1.82) is 0 Å². The van der Waals surface area contributed by atoms with Gasteiger partial charge in [-0.3, -0.25) is 10.1 Å². The standard InChI is InChI=1S/C18H16F3N3O/c1-2-11-24-15-10-6-5-9-14(15)22-17(24)23-16(25)12-7-3-4-8-13(12)18(19,20)21/h3-10H,2,11H2,1H3,(H,22,23,25). The van der Waals surface area contributed by atoms with Gasteiger partial charge in [0.25, 0.3) is 5.91 Å². The third kappa shape index (κ3) is 3.35. The summed E-state index contributed by atoms with van der Waals surface area (Å²) in [4.78, 5) is 16.8. The molecule has 1 heterocycles. The van der Waals surface area contributed by atoms with Crippen LogP contribution in [0.4, 0.5) is 19.1 Å². The van der Waals surface area contributed by atoms with Gasteiger partial charge in [0.2, 0.25) is 5.95 Å². The summed E-state index contributed by atoms with van der Waals surface area (Å²) in [6, 6.07) is 12.0. The van der Waals surface area contributed by atoms with Gasteiger partial charge in [-0.2, -0.15) is 13.2 Å². The monoisotopic (exact) mass is 347 g/mol. The van der Waals surface area contributed by atoms with Crippen LogP contribution in [0.5, 0.6) is 0 Å². The molecule has 0 aliphatic rings. The van der Waals surface area contributed by atoms with E-state index in [4.69, 9.17) is 0 Å². The largest absolute Gasteiger partial charge is 0.417 e. The summed E-state index contributed by atoms with van der Waals surface area (Å²) in [5, 5.41) is 2.53. The van der Waals surface area contributed by atoms with Crippen molar-refractivity contribution in [2.75, 3.05) is 5.32 Å². The van der Waals surface area contributed by atoms with E-state index in [0.717, 1.165) is 24.1 Å². The normalized spacial score (nSPS) is 11.7. The zero-order chi connectivity index (χ0) is 18.0. The molecule has 0 spiro atoms. The van der Waals surface area contributed by atoms with E-state index >= 15 is 0 Å². The van der Waals surface area contributed by atoms with Gasteiger partial charge in [0, 0.05) is 6.54 Å². The molecule has 130 valence electrons. The van der Waals surface area contributed by atoms with E-state index in [1.54, 1.807) is 10.6 Å². The van der Waals surface area contributed by atoms with Crippen LogP contribution < -0.4 is 5.32 Å². The van der Waals surface area contributed by atoms with Crippen LogP contribution in [0.1, 0.15) is 29.3 Å². The minimum absolute atomic E-state index is 0.241. The van der Waals surface area contributed by atoms with Gasteiger partial charge in [0.05, 0.1) is 22.2 Å². The van der Waals surface area contributed by atoms with Crippen LogP contribution >= 0.6 is 0 Å². The third-order valence-electron chi connectivity index (χ3n) is 3.80. The molecule has 2 aromatic carbocycles. The number of imidazole rings is 1. The SMILES string of the molecule is CCCn1c(NC(=O)c2ccccc2C(F)(F)F)nc2ccccc21. The summed E-state index contributed by atoms with van der Waals surface area (Å²) in [6.07, 6.45) is -3.81. The molecule has 0 atom stereocenters. The van der Waals surface area contributed by atoms with Gasteiger partial charge < -0.3 is 4.57 Å². The van der Waals surface area contributed by atoms with E-state index in [1.165, 1.54) is 12.1 Å². The lowest BCUT2D eigenvalue weighted by Gasteiger charge is -2.13. The number of aryl methyl sites for hydroxylation is 1. The molecule has 0 saturated carbocycles. The summed E-state index contributed by atoms with van der Waals surface area (Å²) in [6.45, 7) is 2.57. The second-order valence-corrected chi connectivity index (χ2v) is 5.57. The van der Waals surface area contributed by atoms with Crippen molar-refractivity contribution < 1.29 is 18.0 Å². The Kier molecular flexibility index (Phi) is 4.48. The number of aromatic nitrogens is 2. The number of carbonyl (C=O) groups excluding carboxylic acids is 1. The zero-order valence-electron chi connectivity index (χ0n) is 13.5. The number of carbonyl (C=O) groups is 1. The molecule has 0 fully saturated rings. The molecule has 0 aliphatic heterocycles. The molecule has 3 aromatic rings. The smallest absolute Gasteiger partial charge is 0.310 e. The minimum Gasteiger partial charge on any atom is -0.310 e. The number of hydrogen-bond acceptors (Lipinski definition) is 2. The molecular formula is C18H16F3N3O. The van der Waals surface area contributed by atoms with E-state index in [2.05, 4.69) is 10.3 Å². The van der Waals surface area contributed by atoms with E-state index in [9.17, 15) is 18.0 Å². The number of rotatable bonds is 4. The molecule has 4 nitrogen and oxygen atoms in total. The van der Waals surface area contributed by atoms with Crippen LogP contribution in [0.3, 0.4) is 0 Å². The number of halogens is 3. The molecule has 0 saturated heterocycles. The van der Waals surface area contributed by atoms with Crippen molar-refractivity contribution >= 4 is 22.9 Å². The van der Waals surface area contributed by atoms with Gasteiger partial charge >= 0.3 is 6.18 Å². The Bertz CT molecular complexity index is 915. The first-order chi connectivity index (χ1) is 11.9. The molecule has 1 N–H and O–H groups in total. The number of benzene rings is 2. The van der Waals surface area contributed by atoms with Gasteiger partial charge in [0.15, 0.2) is 0 Å². The van der Waals surface area contributed by atoms with Crippen molar-refractivity contribution in [3.05, 3.63) is 59.7 Å². The van der Waals surface area contributed by atoms with Crippen molar-refractivity contribution in [3.8, 4) is 0 Å². The molecular weight excluding hydrogens is 331 g/mol. The van der Waals surface area contributed by atoms with E-state index in [-0.39, 0.29) is 5.95 Å². The maximum atomic E-state index is 13.1. The average Bonchev–Trinajstić information content (AvgIpc) is 2.92. The summed E-state index contributed by atoms with van der Waals surface area (Å²) in [5.41, 5.74) is 0.106. The summed E-state index contributed by atoms with van der Waals surface area (Å²) < 4.78 is 41.1. The van der Waals surface area contributed by atoms with E-state index in [1.807, 2.05) is 25.1 Å². The Balaban J connectivity index is 2.00. The van der Waals surface area contributed by atoms with Gasteiger partial charge in [-0.15, -0.1) is 0 Å². The fourth-order valence-electron chi connectivity index (χ4n) is 2.72. The predicted octanol–water partition coefficient (Wildman–Crippen LogP) is 4.72. The van der Waals surface area contributed by atoms with Gasteiger partial charge in [-0.1, -0.05) is 31.2 Å². The first-order valence-corrected chi connectivity index (χ1v) is 7.84. The highest BCUT2D eigenvalue weighted by molar-refractivity contribution is 6.05. The summed E-state index contributed by atoms with van der Waals surface area (Å²) >= 11 is 0. The molecule has 1 aromatic heterocycles. The lowest BCUT2D eigenvalue weighted by Crippen LogP contribution is -2.20. The van der Waals surface area contributed by atoms with E-state index in [0.29, 0.717) is 12.1 Å². The first kappa shape index (κ1) is 17.0. The van der Waals surface area contributed by atoms with Gasteiger partial charge in [-0.05, 0) is 30.7 Å². The Hall–Kier alpha value is -2.83. The number of alkyl halides is 3. The Morgan fingerprint density at radius 3 is 2.52 bits per heavy atom. The molecule has 0 bridgehead atoms. The number of nitrogens with one attached hydrogen (secondary N) is 1. The van der Waals surface area contributed by atoms with Crippen LogP contribution in [0.2, 0.25) is 0 Å². The first-order valence-electron chi connectivity index (χ1n) is 7.84. The number of para-hydroxylation sites is 2. The topological polar surface area (TPSA) is 46.9 Å². The fraction of sp³-hybridized carbons (Fsp3) is 0.222. The maximum Gasteiger partial charge on any atom is 0.417 e. The number of anilines is 1. The number of nitrogens with zero attached hydrogens (tertiary/aromatic N) is 2. The Labute approximate surface area is 142 Å². The van der Waals surface area contributed by atoms with Crippen molar-refractivity contribution in [3.63, 3.8) is 0 Å². The van der Waals surface area contributed by atoms with Gasteiger partial charge in [0.1, 0.15) is 0 Å².